The van der Waals surface area contributed by atoms with E-state index >= 15 is 0 Å². The predicted molar refractivity (Wildman–Crippen MR) is 70.6 cm³/mol. The number of hydrogen-bond acceptors (Lipinski definition) is 4. The van der Waals surface area contributed by atoms with E-state index in [1.165, 1.54) is 0 Å². The second-order valence-corrected chi connectivity index (χ2v) is 5.39. The number of nitrogens with one attached hydrogen (secondary N) is 1. The number of hydrogen-bond donors (Lipinski definition) is 1. The fraction of sp³-hybridized carbons (Fsp3) is 0.846. The third kappa shape index (κ3) is 3.06. The van der Waals surface area contributed by atoms with Crippen LogP contribution in [0.15, 0.2) is 0 Å². The monoisotopic (exact) mass is 269 g/mol. The van der Waals surface area contributed by atoms with Crippen molar-refractivity contribution in [3.63, 3.8) is 0 Å². The van der Waals surface area contributed by atoms with E-state index in [4.69, 9.17) is 4.74 Å². The van der Waals surface area contributed by atoms with E-state index in [0.717, 1.165) is 13.1 Å². The van der Waals surface area contributed by atoms with Crippen LogP contribution in [0.1, 0.15) is 20.3 Å². The molecule has 2 rings (SSSR count). The number of amides is 2. The van der Waals surface area contributed by atoms with Gasteiger partial charge in [-0.25, -0.2) is 0 Å². The van der Waals surface area contributed by atoms with Crippen LogP contribution in [-0.4, -0.2) is 73.1 Å². The molecule has 2 aliphatic heterocycles. The molecule has 108 valence electrons. The van der Waals surface area contributed by atoms with Crippen molar-refractivity contribution in [3.05, 3.63) is 0 Å². The summed E-state index contributed by atoms with van der Waals surface area (Å²) in [6, 6.07) is -0.795. The van der Waals surface area contributed by atoms with Gasteiger partial charge in [0, 0.05) is 19.6 Å². The largest absolute Gasteiger partial charge is 0.374 e. The van der Waals surface area contributed by atoms with Crippen molar-refractivity contribution < 1.29 is 14.3 Å². The highest BCUT2D eigenvalue weighted by atomic mass is 16.5. The summed E-state index contributed by atoms with van der Waals surface area (Å²) in [4.78, 5) is 28.0. The molecular formula is C13H23N3O3. The summed E-state index contributed by atoms with van der Waals surface area (Å²) in [6.45, 7) is 6.57. The lowest BCUT2D eigenvalue weighted by molar-refractivity contribution is -0.152. The number of carbonyl (C=O) groups excluding carboxylic acids is 2. The molecule has 1 N–H and O–H groups in total. The molecule has 0 aromatic carbocycles. The zero-order valence-corrected chi connectivity index (χ0v) is 11.9. The molecule has 0 aliphatic carbocycles. The van der Waals surface area contributed by atoms with Crippen LogP contribution in [0.25, 0.3) is 0 Å². The Morgan fingerprint density at radius 3 is 2.79 bits per heavy atom. The van der Waals surface area contributed by atoms with Crippen molar-refractivity contribution >= 4 is 11.8 Å². The van der Waals surface area contributed by atoms with Crippen molar-refractivity contribution in [2.24, 2.45) is 0 Å². The first-order valence-corrected chi connectivity index (χ1v) is 6.94. The van der Waals surface area contributed by atoms with Crippen LogP contribution in [0.3, 0.4) is 0 Å². The second-order valence-electron chi connectivity index (χ2n) is 5.39. The number of piperazine rings is 1. The SMILES string of the molecule is CCC1NC(=O)C(C)N(CC2CN(C)CCO2)C1=O. The topological polar surface area (TPSA) is 61.9 Å². The lowest BCUT2D eigenvalue weighted by atomic mass is 10.1. The van der Waals surface area contributed by atoms with Crippen LogP contribution in [0, 0.1) is 0 Å². The predicted octanol–water partition coefficient (Wildman–Crippen LogP) is -0.557. The number of morpholine rings is 1. The smallest absolute Gasteiger partial charge is 0.245 e. The number of nitrogens with zero attached hydrogens (tertiary/aromatic N) is 2. The van der Waals surface area contributed by atoms with Gasteiger partial charge in [-0.15, -0.1) is 0 Å². The Labute approximate surface area is 114 Å². The normalized spacial score (nSPS) is 33.4. The molecule has 6 heteroatoms. The molecule has 0 radical (unpaired) electrons. The second kappa shape index (κ2) is 5.88. The average Bonchev–Trinajstić information content (AvgIpc) is 2.39. The highest BCUT2D eigenvalue weighted by Crippen LogP contribution is 2.15. The average molecular weight is 269 g/mol. The Kier molecular flexibility index (Phi) is 4.42. The molecule has 0 aromatic heterocycles. The first-order valence-electron chi connectivity index (χ1n) is 6.94. The molecule has 0 saturated carbocycles. The minimum absolute atomic E-state index is 0.00595. The van der Waals surface area contributed by atoms with Crippen LogP contribution in [0.4, 0.5) is 0 Å². The van der Waals surface area contributed by atoms with E-state index in [0.29, 0.717) is 19.6 Å². The third-order valence-electron chi connectivity index (χ3n) is 3.90. The van der Waals surface area contributed by atoms with E-state index < -0.39 is 6.04 Å². The van der Waals surface area contributed by atoms with Gasteiger partial charge in [0.25, 0.3) is 0 Å². The zero-order chi connectivity index (χ0) is 14.0. The highest BCUT2D eigenvalue weighted by molar-refractivity contribution is 5.96. The molecule has 2 amide bonds. The molecule has 0 spiro atoms. The summed E-state index contributed by atoms with van der Waals surface area (Å²) >= 11 is 0. The van der Waals surface area contributed by atoms with Crippen molar-refractivity contribution in [1.29, 1.82) is 0 Å². The fourth-order valence-electron chi connectivity index (χ4n) is 2.61. The molecule has 3 unspecified atom stereocenters. The lowest BCUT2D eigenvalue weighted by Crippen LogP contribution is -2.64. The first-order chi connectivity index (χ1) is 9.02. The summed E-state index contributed by atoms with van der Waals surface area (Å²) in [5.74, 6) is -0.0676. The van der Waals surface area contributed by atoms with Crippen LogP contribution < -0.4 is 5.32 Å². The summed E-state index contributed by atoms with van der Waals surface area (Å²) in [6.07, 6.45) is 0.618. The van der Waals surface area contributed by atoms with Gasteiger partial charge < -0.3 is 19.9 Å². The van der Waals surface area contributed by atoms with Crippen molar-refractivity contribution in [2.45, 2.75) is 38.5 Å². The lowest BCUT2D eigenvalue weighted by Gasteiger charge is -2.40. The molecule has 0 aromatic rings. The maximum atomic E-state index is 12.3. The zero-order valence-electron chi connectivity index (χ0n) is 11.9. The van der Waals surface area contributed by atoms with Gasteiger partial charge in [-0.1, -0.05) is 6.92 Å². The summed E-state index contributed by atoms with van der Waals surface area (Å²) in [5.41, 5.74) is 0. The quantitative estimate of drug-likeness (QED) is 0.746. The molecule has 0 bridgehead atoms. The molecule has 2 heterocycles. The Morgan fingerprint density at radius 1 is 1.42 bits per heavy atom. The van der Waals surface area contributed by atoms with Gasteiger partial charge in [0.15, 0.2) is 0 Å². The molecule has 3 atom stereocenters. The van der Waals surface area contributed by atoms with Gasteiger partial charge in [-0.2, -0.15) is 0 Å². The van der Waals surface area contributed by atoms with Gasteiger partial charge in [-0.05, 0) is 20.4 Å². The minimum Gasteiger partial charge on any atom is -0.374 e. The van der Waals surface area contributed by atoms with E-state index in [9.17, 15) is 9.59 Å². The van der Waals surface area contributed by atoms with Crippen LogP contribution in [0.5, 0.6) is 0 Å². The first kappa shape index (κ1) is 14.3. The Balaban J connectivity index is 2.03. The standard InChI is InChI=1S/C13H23N3O3/c1-4-11-13(18)16(9(2)12(17)14-11)8-10-7-15(3)5-6-19-10/h9-11H,4-8H2,1-3H3,(H,14,17). The number of likely N-dealkylation sites (N-methyl/N-ethyl adjacent to an activating group) is 1. The maximum Gasteiger partial charge on any atom is 0.245 e. The minimum atomic E-state index is -0.411. The maximum absolute atomic E-state index is 12.3. The van der Waals surface area contributed by atoms with Crippen LogP contribution >= 0.6 is 0 Å². The third-order valence-corrected chi connectivity index (χ3v) is 3.90. The van der Waals surface area contributed by atoms with Crippen molar-refractivity contribution in [2.75, 3.05) is 33.3 Å². The van der Waals surface area contributed by atoms with E-state index in [1.54, 1.807) is 11.8 Å². The van der Waals surface area contributed by atoms with E-state index in [2.05, 4.69) is 10.2 Å². The molecular weight excluding hydrogens is 246 g/mol. The number of carbonyl (C=O) groups is 2. The van der Waals surface area contributed by atoms with Gasteiger partial charge in [0.05, 0.1) is 12.7 Å². The van der Waals surface area contributed by atoms with Crippen LogP contribution in [-0.2, 0) is 14.3 Å². The molecule has 2 saturated heterocycles. The van der Waals surface area contributed by atoms with Gasteiger partial charge in [-0.3, -0.25) is 9.59 Å². The Bertz CT molecular complexity index is 361. The Hall–Kier alpha value is -1.14. The summed E-state index contributed by atoms with van der Waals surface area (Å²) < 4.78 is 5.68. The van der Waals surface area contributed by atoms with Crippen LogP contribution in [0.2, 0.25) is 0 Å². The van der Waals surface area contributed by atoms with Crippen molar-refractivity contribution in [3.8, 4) is 0 Å². The number of rotatable bonds is 3. The highest BCUT2D eigenvalue weighted by Gasteiger charge is 2.38. The fourth-order valence-corrected chi connectivity index (χ4v) is 2.61. The van der Waals surface area contributed by atoms with Crippen molar-refractivity contribution in [1.82, 2.24) is 15.1 Å². The molecule has 6 nitrogen and oxygen atoms in total. The van der Waals surface area contributed by atoms with Gasteiger partial charge in [0.1, 0.15) is 12.1 Å². The molecule has 19 heavy (non-hydrogen) atoms. The van der Waals surface area contributed by atoms with E-state index in [-0.39, 0.29) is 24.0 Å². The summed E-state index contributed by atoms with van der Waals surface area (Å²) in [7, 11) is 2.04. The summed E-state index contributed by atoms with van der Waals surface area (Å²) in [5, 5.41) is 2.76. The number of ether oxygens (including phenoxy) is 1. The van der Waals surface area contributed by atoms with Gasteiger partial charge >= 0.3 is 0 Å². The van der Waals surface area contributed by atoms with E-state index in [1.807, 2.05) is 14.0 Å². The molecule has 2 aliphatic rings. The Morgan fingerprint density at radius 2 is 2.16 bits per heavy atom. The molecule has 2 fully saturated rings. The van der Waals surface area contributed by atoms with Gasteiger partial charge in [0.2, 0.25) is 11.8 Å².